The van der Waals surface area contributed by atoms with Crippen LogP contribution < -0.4 is 26.4 Å². The third-order valence-electron chi connectivity index (χ3n) is 11.1. The van der Waals surface area contributed by atoms with Crippen molar-refractivity contribution >= 4 is 44.7 Å². The van der Waals surface area contributed by atoms with Crippen molar-refractivity contribution < 1.29 is 97.2 Å². The van der Waals surface area contributed by atoms with Gasteiger partial charge >= 0.3 is 0 Å². The summed E-state index contributed by atoms with van der Waals surface area (Å²) in [5, 5.41) is 1.17. The van der Waals surface area contributed by atoms with Crippen molar-refractivity contribution in [2.24, 2.45) is 0 Å². The van der Waals surface area contributed by atoms with E-state index < -0.39 is 144 Å². The molecule has 6 aromatic carbocycles. The van der Waals surface area contributed by atoms with E-state index in [1.54, 1.807) is 0 Å². The van der Waals surface area contributed by atoms with Crippen LogP contribution >= 0.6 is 0 Å². The predicted octanol–water partition coefficient (Wildman–Crippen LogP) is 10.8. The normalized spacial score (nSPS) is 11.6. The molecule has 0 spiro atoms. The van der Waals surface area contributed by atoms with Crippen LogP contribution in [-0.2, 0) is 6.54 Å². The molecule has 0 radical (unpaired) electrons. The smallest absolute Gasteiger partial charge is 0.249 e. The van der Waals surface area contributed by atoms with E-state index >= 15 is 35.1 Å². The summed E-state index contributed by atoms with van der Waals surface area (Å²) >= 11 is 0. The molecular formula is C46H24BF20NO. The summed E-state index contributed by atoms with van der Waals surface area (Å²) < 4.78 is 296. The molecule has 0 saturated carbocycles. The summed E-state index contributed by atoms with van der Waals surface area (Å²) in [6, 6.07) is 22.7. The monoisotopic (exact) mass is 997 g/mol. The van der Waals surface area contributed by atoms with Crippen LogP contribution in [0.15, 0.2) is 66.7 Å². The van der Waals surface area contributed by atoms with Gasteiger partial charge in [0.15, 0.2) is 76.4 Å². The molecule has 0 unspecified atom stereocenters. The summed E-state index contributed by atoms with van der Waals surface area (Å²) in [7, 11) is 0. The van der Waals surface area contributed by atoms with Gasteiger partial charge in [-0.3, -0.25) is 4.79 Å². The average Bonchev–Trinajstić information content (AvgIpc) is 3.34. The van der Waals surface area contributed by atoms with Crippen LogP contribution in [0, 0.1) is 116 Å². The lowest BCUT2D eigenvalue weighted by Crippen LogP contribution is -2.81. The fourth-order valence-electron chi connectivity index (χ4n) is 7.98. The maximum Gasteiger partial charge on any atom is 0.249 e. The summed E-state index contributed by atoms with van der Waals surface area (Å²) in [5.41, 5.74) is -11.2. The highest BCUT2D eigenvalue weighted by atomic mass is 19.2. The van der Waals surface area contributed by atoms with Gasteiger partial charge in [-0.2, -0.15) is 4.57 Å². The minimum absolute atomic E-state index is 0.241. The number of pyridine rings is 1. The van der Waals surface area contributed by atoms with E-state index in [-0.39, 0.29) is 5.78 Å². The zero-order valence-corrected chi connectivity index (χ0v) is 34.4. The van der Waals surface area contributed by atoms with E-state index in [4.69, 9.17) is 0 Å². The van der Waals surface area contributed by atoms with Gasteiger partial charge in [-0.05, 0) is 18.6 Å². The molecule has 0 N–H and O–H groups in total. The number of Topliss-reactive ketones (excluding diaryl/α,β-unsaturated/α-hetero) is 1. The van der Waals surface area contributed by atoms with Crippen molar-refractivity contribution in [3.8, 4) is 0 Å². The number of nitrogens with zero attached hydrogens (tertiary/aromatic N) is 1. The topological polar surface area (TPSA) is 20.9 Å². The van der Waals surface area contributed by atoms with Crippen LogP contribution in [0.3, 0.4) is 0 Å². The molecule has 0 atom stereocenters. The van der Waals surface area contributed by atoms with E-state index in [9.17, 15) is 57.5 Å². The van der Waals surface area contributed by atoms with Crippen molar-refractivity contribution in [3.05, 3.63) is 194 Å². The summed E-state index contributed by atoms with van der Waals surface area (Å²) in [4.78, 5) is 12.8. The Kier molecular flexibility index (Phi) is 14.9. The van der Waals surface area contributed by atoms with Crippen molar-refractivity contribution in [2.45, 2.75) is 39.2 Å². The van der Waals surface area contributed by atoms with E-state index in [0.717, 1.165) is 37.0 Å². The molecule has 7 aromatic rings. The third kappa shape index (κ3) is 8.53. The molecule has 69 heavy (non-hydrogen) atoms. The van der Waals surface area contributed by atoms with Crippen LogP contribution in [0.25, 0.3) is 10.9 Å². The first-order chi connectivity index (χ1) is 32.5. The standard InChI is InChI=1S/C24BF20.C22H24NO/c26-5-1(6(27)14(35)21(42)13(5)34)25(2-7(28)15(36)22(43)16(37)8(2)29,3-9(30)17(38)23(44)18(39)10(3)31)4-11(32)19(40)24(45)20(41)12(4)33;1-2-3-5-14-22(24)21-16-15-19-12-8-9-13-20(19)23(21)17-18-10-6-4-7-11-18/h;4,6-13,15-16H,2-3,5,14,17H2,1H3/q-1;+1. The number of carbonyl (C=O) groups excluding carboxylic acids is 1. The van der Waals surface area contributed by atoms with Crippen LogP contribution in [-0.4, -0.2) is 11.9 Å². The molecule has 0 bridgehead atoms. The minimum atomic E-state index is -7.22. The number of unbranched alkanes of at least 4 members (excludes halogenated alkanes) is 2. The van der Waals surface area contributed by atoms with E-state index in [0.29, 0.717) is 6.42 Å². The van der Waals surface area contributed by atoms with Gasteiger partial charge in [-0.1, -0.05) is 62.2 Å². The Morgan fingerprint density at radius 3 is 1.06 bits per heavy atom. The van der Waals surface area contributed by atoms with Crippen molar-refractivity contribution in [2.75, 3.05) is 0 Å². The summed E-state index contributed by atoms with van der Waals surface area (Å²) in [5.74, 6) is -71.2. The van der Waals surface area contributed by atoms with Gasteiger partial charge in [0.05, 0.1) is 0 Å². The van der Waals surface area contributed by atoms with E-state index in [2.05, 4.69) is 41.8 Å². The molecule has 0 saturated heterocycles. The molecule has 1 aromatic heterocycles. The fraction of sp³-hybridized carbons (Fsp3) is 0.130. The van der Waals surface area contributed by atoms with Gasteiger partial charge < -0.3 is 0 Å². The van der Waals surface area contributed by atoms with Gasteiger partial charge in [-0.15, -0.1) is 21.9 Å². The predicted molar refractivity (Wildman–Crippen MR) is 207 cm³/mol. The van der Waals surface area contributed by atoms with Gasteiger partial charge in [0.25, 0.3) is 0 Å². The molecule has 0 amide bonds. The lowest BCUT2D eigenvalue weighted by Gasteiger charge is -2.44. The Morgan fingerprint density at radius 1 is 0.391 bits per heavy atom. The van der Waals surface area contributed by atoms with Crippen LogP contribution in [0.5, 0.6) is 0 Å². The highest BCUT2D eigenvalue weighted by molar-refractivity contribution is 7.20. The van der Waals surface area contributed by atoms with E-state index in [1.165, 1.54) is 10.9 Å². The van der Waals surface area contributed by atoms with Crippen molar-refractivity contribution in [1.29, 1.82) is 0 Å². The Bertz CT molecular complexity index is 2800. The van der Waals surface area contributed by atoms with Crippen LogP contribution in [0.4, 0.5) is 87.8 Å². The Hall–Kier alpha value is -6.94. The van der Waals surface area contributed by atoms with Crippen LogP contribution in [0.1, 0.15) is 48.7 Å². The first kappa shape index (κ1) is 51.5. The van der Waals surface area contributed by atoms with Crippen LogP contribution in [0.2, 0.25) is 0 Å². The molecule has 2 nitrogen and oxygen atoms in total. The zero-order valence-electron chi connectivity index (χ0n) is 34.4. The Labute approximate surface area is 375 Å². The zero-order chi connectivity index (χ0) is 51.1. The molecule has 0 aliphatic carbocycles. The molecule has 7 rings (SSSR count). The molecule has 1 heterocycles. The van der Waals surface area contributed by atoms with Gasteiger partial charge in [0.1, 0.15) is 52.7 Å². The maximum absolute atomic E-state index is 15.4. The maximum atomic E-state index is 15.4. The number of fused-ring (bicyclic) bond motifs is 1. The number of hydrogen-bond donors (Lipinski definition) is 0. The second-order valence-electron chi connectivity index (χ2n) is 15.0. The largest absolute Gasteiger partial charge is 0.287 e. The summed E-state index contributed by atoms with van der Waals surface area (Å²) in [6.45, 7) is 2.88. The molecule has 0 fully saturated rings. The molecule has 0 aliphatic heterocycles. The number of carbonyl (C=O) groups is 1. The number of aromatic nitrogens is 1. The number of benzene rings is 6. The lowest BCUT2D eigenvalue weighted by atomic mass is 9.12. The number of para-hydroxylation sites is 1. The molecule has 362 valence electrons. The Morgan fingerprint density at radius 2 is 0.710 bits per heavy atom. The van der Waals surface area contributed by atoms with Gasteiger partial charge in [0.2, 0.25) is 17.0 Å². The number of rotatable bonds is 11. The average molecular weight is 997 g/mol. The number of hydrogen-bond acceptors (Lipinski definition) is 1. The molecule has 23 heteroatoms. The highest BCUT2D eigenvalue weighted by Crippen LogP contribution is 2.31. The highest BCUT2D eigenvalue weighted by Gasteiger charge is 2.52. The van der Waals surface area contributed by atoms with Crippen molar-refractivity contribution in [3.63, 3.8) is 0 Å². The van der Waals surface area contributed by atoms with E-state index in [1.807, 2.05) is 36.4 Å². The van der Waals surface area contributed by atoms with Gasteiger partial charge in [0, 0.05) is 29.5 Å². The Balaban J connectivity index is 0.000000273. The minimum Gasteiger partial charge on any atom is -0.287 e. The quantitative estimate of drug-likeness (QED) is 0.0241. The van der Waals surface area contributed by atoms with Gasteiger partial charge in [-0.25, -0.2) is 87.8 Å². The second kappa shape index (κ2) is 20.0. The summed E-state index contributed by atoms with van der Waals surface area (Å²) in [6.07, 6.45) is -3.38. The fourth-order valence-corrected chi connectivity index (χ4v) is 7.98. The first-order valence-electron chi connectivity index (χ1n) is 19.7. The lowest BCUT2D eigenvalue weighted by molar-refractivity contribution is -0.664. The third-order valence-corrected chi connectivity index (χ3v) is 11.1. The molecular weight excluding hydrogens is 973 g/mol. The molecule has 0 aliphatic rings. The second-order valence-corrected chi connectivity index (χ2v) is 15.0. The van der Waals surface area contributed by atoms with Crippen molar-refractivity contribution in [1.82, 2.24) is 0 Å². The number of halogens is 20. The first-order valence-corrected chi connectivity index (χ1v) is 19.7. The number of ketones is 1. The SMILES string of the molecule is CCCCCC(=O)c1ccc2ccccc2[n+]1Cc1ccccc1.Fc1c(F)c(F)c([B-](c2c(F)c(F)c(F)c(F)c2F)(c2c(F)c(F)c(F)c(F)c2F)c2c(F)c(F)c(F)c(F)c2F)c(F)c1F.